The van der Waals surface area contributed by atoms with Crippen molar-refractivity contribution in [3.8, 4) is 0 Å². The smallest absolute Gasteiger partial charge is 0.0366 e. The van der Waals surface area contributed by atoms with Gasteiger partial charge >= 0.3 is 0 Å². The molecule has 1 aliphatic rings. The third-order valence-corrected chi connectivity index (χ3v) is 2.84. The van der Waals surface area contributed by atoms with Gasteiger partial charge in [-0.05, 0) is 32.1 Å². The average Bonchev–Trinajstić information content (AvgIpc) is 2.69. The van der Waals surface area contributed by atoms with Crippen LogP contribution >= 0.6 is 0 Å². The van der Waals surface area contributed by atoms with Crippen LogP contribution in [0.1, 0.15) is 34.1 Å². The van der Waals surface area contributed by atoms with Gasteiger partial charge < -0.3 is 9.80 Å². The number of anilines is 1. The Morgan fingerprint density at radius 3 is 2.00 bits per heavy atom. The molecule has 0 unspecified atom stereocenters. The van der Waals surface area contributed by atoms with Crippen molar-refractivity contribution in [1.29, 1.82) is 0 Å². The molecule has 0 saturated carbocycles. The van der Waals surface area contributed by atoms with Crippen molar-refractivity contribution in [3.05, 3.63) is 30.3 Å². The maximum absolute atomic E-state index is 2.48. The molecule has 2 rings (SSSR count). The maximum Gasteiger partial charge on any atom is 0.0366 e. The summed E-state index contributed by atoms with van der Waals surface area (Å²) in [5.41, 5.74) is 1.36. The van der Waals surface area contributed by atoms with Crippen molar-refractivity contribution in [2.45, 2.75) is 34.1 Å². The van der Waals surface area contributed by atoms with Crippen molar-refractivity contribution in [1.82, 2.24) is 4.90 Å². The van der Waals surface area contributed by atoms with Crippen LogP contribution in [0.25, 0.3) is 0 Å². The van der Waals surface area contributed by atoms with E-state index in [0.717, 1.165) is 6.54 Å². The van der Waals surface area contributed by atoms with Crippen LogP contribution in [0.5, 0.6) is 0 Å². The number of para-hydroxylation sites is 1. The first-order valence-electron chi connectivity index (χ1n) is 7.35. The fraction of sp³-hybridized carbons (Fsp3) is 0.625. The Labute approximate surface area is 114 Å². The lowest BCUT2D eigenvalue weighted by Gasteiger charge is -2.22. The molecule has 0 radical (unpaired) electrons. The van der Waals surface area contributed by atoms with Crippen molar-refractivity contribution in [2.75, 3.05) is 38.1 Å². The van der Waals surface area contributed by atoms with Crippen LogP contribution in [0, 0.1) is 0 Å². The molecular weight excluding hydrogens is 220 g/mol. The van der Waals surface area contributed by atoms with Gasteiger partial charge in [0.2, 0.25) is 0 Å². The zero-order chi connectivity index (χ0) is 13.8. The number of likely N-dealkylation sites (N-methyl/N-ethyl adjacent to an activating group) is 1. The monoisotopic (exact) mass is 250 g/mol. The SMILES string of the molecule is CC.CC.CN1CCCN(c2ccccc2)CC1. The molecule has 2 nitrogen and oxygen atoms in total. The quantitative estimate of drug-likeness (QED) is 0.746. The molecule has 0 spiro atoms. The van der Waals surface area contributed by atoms with E-state index in [-0.39, 0.29) is 0 Å². The fourth-order valence-corrected chi connectivity index (χ4v) is 1.94. The normalized spacial score (nSPS) is 15.7. The molecule has 1 aromatic carbocycles. The van der Waals surface area contributed by atoms with Gasteiger partial charge in [-0.3, -0.25) is 0 Å². The van der Waals surface area contributed by atoms with Gasteiger partial charge in [0, 0.05) is 25.3 Å². The highest BCUT2D eigenvalue weighted by Gasteiger charge is 2.11. The Hall–Kier alpha value is -1.02. The number of rotatable bonds is 1. The molecular formula is C16H30N2. The summed E-state index contributed by atoms with van der Waals surface area (Å²) in [5, 5.41) is 0. The fourth-order valence-electron chi connectivity index (χ4n) is 1.94. The maximum atomic E-state index is 2.48. The first kappa shape index (κ1) is 17.0. The Morgan fingerprint density at radius 1 is 0.778 bits per heavy atom. The van der Waals surface area contributed by atoms with E-state index in [1.54, 1.807) is 0 Å². The zero-order valence-electron chi connectivity index (χ0n) is 12.8. The molecule has 1 aliphatic heterocycles. The summed E-state index contributed by atoms with van der Waals surface area (Å²) >= 11 is 0. The summed E-state index contributed by atoms with van der Waals surface area (Å²) in [6.07, 6.45) is 1.27. The largest absolute Gasteiger partial charge is 0.370 e. The molecule has 0 amide bonds. The van der Waals surface area contributed by atoms with E-state index in [2.05, 4.69) is 47.2 Å². The standard InChI is InChI=1S/C12H18N2.2C2H6/c1-13-8-5-9-14(11-10-13)12-6-3-2-4-7-12;2*1-2/h2-4,6-7H,5,8-11H2,1H3;2*1-2H3. The van der Waals surface area contributed by atoms with Crippen molar-refractivity contribution >= 4 is 5.69 Å². The second kappa shape index (κ2) is 11.1. The lowest BCUT2D eigenvalue weighted by Crippen LogP contribution is -2.28. The molecule has 2 heteroatoms. The summed E-state index contributed by atoms with van der Waals surface area (Å²) in [6.45, 7) is 12.7. The van der Waals surface area contributed by atoms with E-state index >= 15 is 0 Å². The Bertz CT molecular complexity index is 272. The minimum atomic E-state index is 1.15. The summed E-state index contributed by atoms with van der Waals surface area (Å²) in [6, 6.07) is 10.7. The van der Waals surface area contributed by atoms with Crippen LogP contribution in [0.15, 0.2) is 30.3 Å². The molecule has 0 bridgehead atoms. The molecule has 1 aromatic rings. The zero-order valence-corrected chi connectivity index (χ0v) is 12.8. The first-order chi connectivity index (χ1) is 8.86. The van der Waals surface area contributed by atoms with Gasteiger partial charge in [0.05, 0.1) is 0 Å². The second-order valence-corrected chi connectivity index (χ2v) is 3.98. The van der Waals surface area contributed by atoms with Crippen LogP contribution in [0.4, 0.5) is 5.69 Å². The van der Waals surface area contributed by atoms with Crippen molar-refractivity contribution < 1.29 is 0 Å². The first-order valence-corrected chi connectivity index (χ1v) is 7.35. The van der Waals surface area contributed by atoms with Crippen molar-refractivity contribution in [2.24, 2.45) is 0 Å². The molecule has 0 aromatic heterocycles. The third-order valence-electron chi connectivity index (χ3n) is 2.84. The molecule has 1 fully saturated rings. The Kier molecular flexibility index (Phi) is 10.5. The molecule has 1 saturated heterocycles. The molecule has 1 heterocycles. The topological polar surface area (TPSA) is 6.48 Å². The van der Waals surface area contributed by atoms with Gasteiger partial charge in [0.25, 0.3) is 0 Å². The van der Waals surface area contributed by atoms with Gasteiger partial charge in [-0.25, -0.2) is 0 Å². The lowest BCUT2D eigenvalue weighted by atomic mass is 10.3. The highest BCUT2D eigenvalue weighted by molar-refractivity contribution is 5.45. The van der Waals surface area contributed by atoms with E-state index in [1.807, 2.05) is 27.7 Å². The van der Waals surface area contributed by atoms with Crippen LogP contribution in [0.3, 0.4) is 0 Å². The Morgan fingerprint density at radius 2 is 1.39 bits per heavy atom. The Balaban J connectivity index is 0.000000659. The van der Waals surface area contributed by atoms with Crippen LogP contribution in [-0.4, -0.2) is 38.1 Å². The molecule has 104 valence electrons. The number of hydrogen-bond donors (Lipinski definition) is 0. The van der Waals surface area contributed by atoms with Gasteiger partial charge in [0.15, 0.2) is 0 Å². The molecule has 0 N–H and O–H groups in total. The molecule has 0 aliphatic carbocycles. The highest BCUT2D eigenvalue weighted by Crippen LogP contribution is 2.14. The highest BCUT2D eigenvalue weighted by atomic mass is 15.2. The van der Waals surface area contributed by atoms with Gasteiger partial charge in [-0.2, -0.15) is 0 Å². The third kappa shape index (κ3) is 6.06. The summed E-state index contributed by atoms with van der Waals surface area (Å²) in [7, 11) is 2.20. The molecule has 18 heavy (non-hydrogen) atoms. The summed E-state index contributed by atoms with van der Waals surface area (Å²) < 4.78 is 0. The van der Waals surface area contributed by atoms with E-state index < -0.39 is 0 Å². The number of benzene rings is 1. The van der Waals surface area contributed by atoms with E-state index in [9.17, 15) is 0 Å². The number of hydrogen-bond acceptors (Lipinski definition) is 2. The molecule has 0 atom stereocenters. The van der Waals surface area contributed by atoms with Crippen LogP contribution in [0.2, 0.25) is 0 Å². The van der Waals surface area contributed by atoms with E-state index in [1.165, 1.54) is 31.7 Å². The average molecular weight is 250 g/mol. The summed E-state index contributed by atoms with van der Waals surface area (Å²) in [5.74, 6) is 0. The van der Waals surface area contributed by atoms with Crippen LogP contribution < -0.4 is 4.90 Å². The van der Waals surface area contributed by atoms with E-state index in [4.69, 9.17) is 0 Å². The van der Waals surface area contributed by atoms with Crippen LogP contribution in [-0.2, 0) is 0 Å². The van der Waals surface area contributed by atoms with Gasteiger partial charge in [-0.1, -0.05) is 45.9 Å². The minimum absolute atomic E-state index is 1.15. The lowest BCUT2D eigenvalue weighted by molar-refractivity contribution is 0.360. The number of nitrogens with zero attached hydrogens (tertiary/aromatic N) is 2. The minimum Gasteiger partial charge on any atom is -0.370 e. The van der Waals surface area contributed by atoms with E-state index in [0.29, 0.717) is 0 Å². The van der Waals surface area contributed by atoms with Gasteiger partial charge in [-0.15, -0.1) is 0 Å². The van der Waals surface area contributed by atoms with Gasteiger partial charge in [0.1, 0.15) is 0 Å². The summed E-state index contributed by atoms with van der Waals surface area (Å²) in [4.78, 5) is 4.88. The predicted molar refractivity (Wildman–Crippen MR) is 83.5 cm³/mol. The predicted octanol–water partition coefficient (Wildman–Crippen LogP) is 3.88. The van der Waals surface area contributed by atoms with Crippen molar-refractivity contribution in [3.63, 3.8) is 0 Å². The second-order valence-electron chi connectivity index (χ2n) is 3.98.